The van der Waals surface area contributed by atoms with Crippen LogP contribution in [0.5, 0.6) is 0 Å². The second-order valence-corrected chi connectivity index (χ2v) is 5.00. The first-order valence-corrected chi connectivity index (χ1v) is 7.36. The molecular weight excluding hydrogens is 284 g/mol. The summed E-state index contributed by atoms with van der Waals surface area (Å²) in [7, 11) is 0. The lowest BCUT2D eigenvalue weighted by atomic mass is 10.1. The van der Waals surface area contributed by atoms with Crippen molar-refractivity contribution < 1.29 is 19.5 Å². The minimum absolute atomic E-state index is 0.0156. The number of carboxylic acid groups (broad SMARTS) is 1. The van der Waals surface area contributed by atoms with Gasteiger partial charge < -0.3 is 15.7 Å². The Labute approximate surface area is 129 Å². The van der Waals surface area contributed by atoms with Gasteiger partial charge in [-0.15, -0.1) is 0 Å². The third-order valence-corrected chi connectivity index (χ3v) is 3.25. The first-order valence-electron chi connectivity index (χ1n) is 7.36. The first-order chi connectivity index (χ1) is 10.6. The van der Waals surface area contributed by atoms with Gasteiger partial charge in [-0.3, -0.25) is 14.4 Å². The van der Waals surface area contributed by atoms with Crippen LogP contribution in [-0.2, 0) is 20.8 Å². The zero-order valence-electron chi connectivity index (χ0n) is 12.5. The Morgan fingerprint density at radius 1 is 1.18 bits per heavy atom. The second-order valence-electron chi connectivity index (χ2n) is 5.00. The number of carboxylic acids is 1. The van der Waals surface area contributed by atoms with Gasteiger partial charge in [-0.2, -0.15) is 0 Å². The molecule has 1 rings (SSSR count). The van der Waals surface area contributed by atoms with Crippen LogP contribution in [0.15, 0.2) is 30.3 Å². The van der Waals surface area contributed by atoms with Gasteiger partial charge in [0.05, 0.1) is 0 Å². The van der Waals surface area contributed by atoms with E-state index in [9.17, 15) is 14.4 Å². The number of carbonyl (C=O) groups excluding carboxylic acids is 2. The molecule has 3 N–H and O–H groups in total. The highest BCUT2D eigenvalue weighted by Gasteiger charge is 2.17. The quantitative estimate of drug-likeness (QED) is 0.421. The molecule has 6 heteroatoms. The number of aliphatic carboxylic acids is 1. The predicted octanol–water partition coefficient (Wildman–Crippen LogP) is 1.10. The van der Waals surface area contributed by atoms with Gasteiger partial charge in [0.2, 0.25) is 12.3 Å². The number of amides is 2. The average molecular weight is 306 g/mol. The predicted molar refractivity (Wildman–Crippen MR) is 82.2 cm³/mol. The second kappa shape index (κ2) is 10.4. The highest BCUT2D eigenvalue weighted by molar-refractivity contribution is 5.83. The molecule has 2 amide bonds. The topological polar surface area (TPSA) is 95.5 Å². The Morgan fingerprint density at radius 3 is 2.55 bits per heavy atom. The maximum absolute atomic E-state index is 11.9. The monoisotopic (exact) mass is 306 g/mol. The van der Waals surface area contributed by atoms with Crippen molar-refractivity contribution in [2.24, 2.45) is 0 Å². The highest BCUT2D eigenvalue weighted by atomic mass is 16.4. The fraction of sp³-hybridized carbons (Fsp3) is 0.438. The van der Waals surface area contributed by atoms with Gasteiger partial charge in [-0.05, 0) is 31.2 Å². The van der Waals surface area contributed by atoms with E-state index in [2.05, 4.69) is 10.6 Å². The molecule has 0 aromatic heterocycles. The summed E-state index contributed by atoms with van der Waals surface area (Å²) >= 11 is 0. The molecule has 1 aromatic rings. The SMILES string of the molecule is O=CN[C@@H](CCCC(=O)O)C(=O)NCCCc1ccccc1. The maximum Gasteiger partial charge on any atom is 0.303 e. The smallest absolute Gasteiger partial charge is 0.303 e. The molecule has 0 saturated carbocycles. The molecule has 0 fully saturated rings. The molecule has 0 spiro atoms. The van der Waals surface area contributed by atoms with Crippen molar-refractivity contribution in [2.45, 2.75) is 38.1 Å². The minimum Gasteiger partial charge on any atom is -0.481 e. The molecule has 0 aliphatic carbocycles. The average Bonchev–Trinajstić information content (AvgIpc) is 2.51. The van der Waals surface area contributed by atoms with Gasteiger partial charge in [0, 0.05) is 13.0 Å². The normalized spacial score (nSPS) is 11.5. The largest absolute Gasteiger partial charge is 0.481 e. The molecule has 0 radical (unpaired) electrons. The van der Waals surface area contributed by atoms with Crippen LogP contribution in [0.25, 0.3) is 0 Å². The fourth-order valence-electron chi connectivity index (χ4n) is 2.10. The number of hydrogen-bond acceptors (Lipinski definition) is 3. The van der Waals surface area contributed by atoms with Crippen LogP contribution in [0.1, 0.15) is 31.2 Å². The summed E-state index contributed by atoms with van der Waals surface area (Å²) in [6.45, 7) is 0.518. The van der Waals surface area contributed by atoms with E-state index < -0.39 is 12.0 Å². The van der Waals surface area contributed by atoms with Crippen molar-refractivity contribution >= 4 is 18.3 Å². The van der Waals surface area contributed by atoms with E-state index in [0.29, 0.717) is 25.8 Å². The molecule has 0 aliphatic rings. The molecule has 0 aliphatic heterocycles. The third-order valence-electron chi connectivity index (χ3n) is 3.25. The van der Waals surface area contributed by atoms with Crippen LogP contribution < -0.4 is 10.6 Å². The van der Waals surface area contributed by atoms with Crippen LogP contribution in [-0.4, -0.2) is 36.0 Å². The van der Waals surface area contributed by atoms with E-state index in [-0.39, 0.29) is 12.3 Å². The first kappa shape index (κ1) is 17.7. The minimum atomic E-state index is -0.909. The van der Waals surface area contributed by atoms with Gasteiger partial charge in [-0.25, -0.2) is 0 Å². The van der Waals surface area contributed by atoms with Crippen molar-refractivity contribution in [3.05, 3.63) is 35.9 Å². The van der Waals surface area contributed by atoms with E-state index in [4.69, 9.17) is 5.11 Å². The van der Waals surface area contributed by atoms with Crippen molar-refractivity contribution in [3.8, 4) is 0 Å². The van der Waals surface area contributed by atoms with Crippen molar-refractivity contribution in [1.29, 1.82) is 0 Å². The summed E-state index contributed by atoms with van der Waals surface area (Å²) in [6, 6.07) is 9.29. The van der Waals surface area contributed by atoms with E-state index >= 15 is 0 Å². The van der Waals surface area contributed by atoms with Gasteiger partial charge in [0.15, 0.2) is 0 Å². The number of aryl methyl sites for hydroxylation is 1. The maximum atomic E-state index is 11.9. The van der Waals surface area contributed by atoms with Crippen molar-refractivity contribution in [1.82, 2.24) is 10.6 Å². The summed E-state index contributed by atoms with van der Waals surface area (Å²) in [4.78, 5) is 32.9. The zero-order chi connectivity index (χ0) is 16.2. The van der Waals surface area contributed by atoms with E-state index in [1.54, 1.807) is 0 Å². The van der Waals surface area contributed by atoms with E-state index in [0.717, 1.165) is 12.8 Å². The molecule has 0 heterocycles. The number of rotatable bonds is 11. The Balaban J connectivity index is 2.27. The molecule has 0 saturated heterocycles. The van der Waals surface area contributed by atoms with Gasteiger partial charge in [0.1, 0.15) is 6.04 Å². The summed E-state index contributed by atoms with van der Waals surface area (Å²) in [5, 5.41) is 13.8. The summed E-state index contributed by atoms with van der Waals surface area (Å²) in [5.74, 6) is -1.18. The number of nitrogens with one attached hydrogen (secondary N) is 2. The number of hydrogen-bond donors (Lipinski definition) is 3. The molecule has 6 nitrogen and oxygen atoms in total. The standard InChI is InChI=1S/C16H22N2O4/c19-12-18-14(9-4-10-15(20)21)16(22)17-11-5-8-13-6-2-1-3-7-13/h1-3,6-7,12,14H,4-5,8-11H2,(H,17,22)(H,18,19)(H,20,21)/t14-/m0/s1. The van der Waals surface area contributed by atoms with E-state index in [1.165, 1.54) is 5.56 Å². The lowest BCUT2D eigenvalue weighted by Gasteiger charge is -2.15. The summed E-state index contributed by atoms with van der Waals surface area (Å²) in [6.07, 6.45) is 2.78. The van der Waals surface area contributed by atoms with Crippen LogP contribution in [0.3, 0.4) is 0 Å². The Bertz CT molecular complexity index is 476. The van der Waals surface area contributed by atoms with Gasteiger partial charge in [0.25, 0.3) is 0 Å². The summed E-state index contributed by atoms with van der Waals surface area (Å²) in [5.41, 5.74) is 1.21. The van der Waals surface area contributed by atoms with Crippen molar-refractivity contribution in [2.75, 3.05) is 6.54 Å². The molecule has 22 heavy (non-hydrogen) atoms. The van der Waals surface area contributed by atoms with Crippen LogP contribution in [0.2, 0.25) is 0 Å². The Hall–Kier alpha value is -2.37. The number of carbonyl (C=O) groups is 3. The van der Waals surface area contributed by atoms with Crippen LogP contribution in [0.4, 0.5) is 0 Å². The fourth-order valence-corrected chi connectivity index (χ4v) is 2.10. The van der Waals surface area contributed by atoms with Gasteiger partial charge >= 0.3 is 5.97 Å². The molecular formula is C16H22N2O4. The Kier molecular flexibility index (Phi) is 8.33. The lowest BCUT2D eigenvalue weighted by molar-refractivity contribution is -0.137. The lowest BCUT2D eigenvalue weighted by Crippen LogP contribution is -2.44. The molecule has 0 unspecified atom stereocenters. The molecule has 120 valence electrons. The van der Waals surface area contributed by atoms with Gasteiger partial charge in [-0.1, -0.05) is 30.3 Å². The van der Waals surface area contributed by atoms with Crippen molar-refractivity contribution in [3.63, 3.8) is 0 Å². The Morgan fingerprint density at radius 2 is 1.91 bits per heavy atom. The van der Waals surface area contributed by atoms with Crippen LogP contribution >= 0.6 is 0 Å². The zero-order valence-corrected chi connectivity index (χ0v) is 12.5. The molecule has 0 bridgehead atoms. The highest BCUT2D eigenvalue weighted by Crippen LogP contribution is 2.03. The number of benzene rings is 1. The summed E-state index contributed by atoms with van der Waals surface area (Å²) < 4.78 is 0. The van der Waals surface area contributed by atoms with E-state index in [1.807, 2.05) is 30.3 Å². The molecule has 1 aromatic carbocycles. The molecule has 1 atom stereocenters. The van der Waals surface area contributed by atoms with Crippen LogP contribution in [0, 0.1) is 0 Å². The third kappa shape index (κ3) is 7.42.